The van der Waals surface area contributed by atoms with Crippen molar-refractivity contribution in [3.63, 3.8) is 0 Å². The Balaban J connectivity index is 2.66. The number of carboxylic acid groups (broad SMARTS) is 1. The second kappa shape index (κ2) is 5.25. The van der Waals surface area contributed by atoms with Crippen molar-refractivity contribution in [2.45, 2.75) is 32.7 Å². The summed E-state index contributed by atoms with van der Waals surface area (Å²) >= 11 is 0. The van der Waals surface area contributed by atoms with E-state index in [0.717, 1.165) is 0 Å². The van der Waals surface area contributed by atoms with Crippen LogP contribution in [0, 0.1) is 16.7 Å². The summed E-state index contributed by atoms with van der Waals surface area (Å²) in [5, 5.41) is 17.7. The fourth-order valence-corrected chi connectivity index (χ4v) is 1.98. The molecule has 0 bridgehead atoms. The lowest BCUT2D eigenvalue weighted by molar-refractivity contribution is -0.147. The van der Waals surface area contributed by atoms with Crippen LogP contribution in [-0.4, -0.2) is 53.1 Å². The third-order valence-electron chi connectivity index (χ3n) is 3.61. The third-order valence-corrected chi connectivity index (χ3v) is 3.61. The van der Waals surface area contributed by atoms with E-state index in [2.05, 4.69) is 0 Å². The van der Waals surface area contributed by atoms with E-state index >= 15 is 0 Å². The summed E-state index contributed by atoms with van der Waals surface area (Å²) in [6, 6.07) is 1.65. The number of hydrogen-bond acceptors (Lipinski definition) is 3. The van der Waals surface area contributed by atoms with Crippen molar-refractivity contribution >= 4 is 12.0 Å². The second-order valence-electron chi connectivity index (χ2n) is 5.14. The fourth-order valence-electron chi connectivity index (χ4n) is 1.98. The van der Waals surface area contributed by atoms with Gasteiger partial charge in [0.25, 0.3) is 0 Å². The molecule has 0 saturated carbocycles. The molecule has 6 heteroatoms. The predicted molar refractivity (Wildman–Crippen MR) is 64.8 cm³/mol. The topological polar surface area (TPSA) is 84.6 Å². The maximum absolute atomic E-state index is 12.1. The molecule has 1 fully saturated rings. The molecule has 0 spiro atoms. The molecule has 0 aromatic carbocycles. The molecule has 1 N–H and O–H groups in total. The molecular formula is C12H19N3O3. The number of hydrogen-bond donors (Lipinski definition) is 1. The van der Waals surface area contributed by atoms with Crippen molar-refractivity contribution in [1.29, 1.82) is 5.26 Å². The Kier molecular flexibility index (Phi) is 4.17. The molecule has 1 rings (SSSR count). The quantitative estimate of drug-likeness (QED) is 0.817. The zero-order chi connectivity index (χ0) is 13.9. The first-order chi connectivity index (χ1) is 8.31. The maximum Gasteiger partial charge on any atom is 0.320 e. The molecule has 6 nitrogen and oxygen atoms in total. The molecule has 0 aromatic rings. The number of amides is 2. The number of carbonyl (C=O) groups is 2. The molecule has 0 aromatic heterocycles. The maximum atomic E-state index is 12.1. The van der Waals surface area contributed by atoms with E-state index in [1.807, 2.05) is 6.07 Å². The van der Waals surface area contributed by atoms with Crippen molar-refractivity contribution < 1.29 is 14.7 Å². The molecule has 0 aliphatic carbocycles. The van der Waals surface area contributed by atoms with Gasteiger partial charge in [-0.25, -0.2) is 4.79 Å². The van der Waals surface area contributed by atoms with Crippen LogP contribution in [0.1, 0.15) is 26.7 Å². The lowest BCUT2D eigenvalue weighted by Crippen LogP contribution is -2.45. The van der Waals surface area contributed by atoms with Crippen LogP contribution in [0.5, 0.6) is 0 Å². The van der Waals surface area contributed by atoms with Crippen LogP contribution in [0.3, 0.4) is 0 Å². The SMILES string of the molecule is CC(CC#N)N(C)C(=O)N1CCC(C)(C(=O)O)C1. The molecule has 1 aliphatic heterocycles. The number of carboxylic acids is 1. The predicted octanol–water partition coefficient (Wildman–Crippen LogP) is 1.14. The number of nitrogens with zero attached hydrogens (tertiary/aromatic N) is 3. The Morgan fingerprint density at radius 1 is 1.61 bits per heavy atom. The van der Waals surface area contributed by atoms with Gasteiger partial charge in [0, 0.05) is 26.2 Å². The normalized spacial score (nSPS) is 24.4. The van der Waals surface area contributed by atoms with Crippen molar-refractivity contribution in [1.82, 2.24) is 9.80 Å². The number of rotatable bonds is 3. The Morgan fingerprint density at radius 2 is 2.22 bits per heavy atom. The van der Waals surface area contributed by atoms with Gasteiger partial charge in [-0.3, -0.25) is 4.79 Å². The Hall–Kier alpha value is -1.77. The first kappa shape index (κ1) is 14.3. The Morgan fingerprint density at radius 3 is 2.67 bits per heavy atom. The third kappa shape index (κ3) is 2.73. The smallest absolute Gasteiger partial charge is 0.320 e. The molecule has 0 radical (unpaired) electrons. The van der Waals surface area contributed by atoms with E-state index in [9.17, 15) is 9.59 Å². The van der Waals surface area contributed by atoms with Crippen LogP contribution in [-0.2, 0) is 4.79 Å². The van der Waals surface area contributed by atoms with E-state index in [1.165, 1.54) is 4.90 Å². The van der Waals surface area contributed by atoms with Crippen molar-refractivity contribution in [2.75, 3.05) is 20.1 Å². The summed E-state index contributed by atoms with van der Waals surface area (Å²) in [4.78, 5) is 26.3. The van der Waals surface area contributed by atoms with Gasteiger partial charge in [-0.05, 0) is 20.3 Å². The van der Waals surface area contributed by atoms with Crippen LogP contribution in [0.4, 0.5) is 4.79 Å². The minimum absolute atomic E-state index is 0.167. The van der Waals surface area contributed by atoms with Crippen LogP contribution >= 0.6 is 0 Å². The van der Waals surface area contributed by atoms with Crippen molar-refractivity contribution in [3.05, 3.63) is 0 Å². The highest BCUT2D eigenvalue weighted by atomic mass is 16.4. The number of carbonyl (C=O) groups excluding carboxylic acids is 1. The zero-order valence-corrected chi connectivity index (χ0v) is 11.0. The fraction of sp³-hybridized carbons (Fsp3) is 0.750. The van der Waals surface area contributed by atoms with Gasteiger partial charge in [-0.15, -0.1) is 0 Å². The lowest BCUT2D eigenvalue weighted by Gasteiger charge is -2.29. The number of urea groups is 1. The zero-order valence-electron chi connectivity index (χ0n) is 11.0. The number of likely N-dealkylation sites (tertiary alicyclic amines) is 1. The minimum atomic E-state index is -0.870. The molecule has 100 valence electrons. The average Bonchev–Trinajstić information content (AvgIpc) is 2.72. The molecule has 18 heavy (non-hydrogen) atoms. The summed E-state index contributed by atoms with van der Waals surface area (Å²) in [6.07, 6.45) is 0.737. The van der Waals surface area contributed by atoms with E-state index in [-0.39, 0.29) is 25.0 Å². The molecule has 2 unspecified atom stereocenters. The summed E-state index contributed by atoms with van der Waals surface area (Å²) in [6.45, 7) is 4.13. The van der Waals surface area contributed by atoms with Gasteiger partial charge < -0.3 is 14.9 Å². The molecular weight excluding hydrogens is 234 g/mol. The lowest BCUT2D eigenvalue weighted by atomic mass is 9.90. The Bertz CT molecular complexity index is 391. The monoisotopic (exact) mass is 253 g/mol. The van der Waals surface area contributed by atoms with Gasteiger partial charge in [0.1, 0.15) is 0 Å². The van der Waals surface area contributed by atoms with Crippen LogP contribution < -0.4 is 0 Å². The summed E-state index contributed by atoms with van der Waals surface area (Å²) in [7, 11) is 1.64. The largest absolute Gasteiger partial charge is 0.481 e. The highest BCUT2D eigenvalue weighted by Gasteiger charge is 2.43. The van der Waals surface area contributed by atoms with Crippen molar-refractivity contribution in [3.8, 4) is 6.07 Å². The van der Waals surface area contributed by atoms with E-state index in [1.54, 1.807) is 25.8 Å². The van der Waals surface area contributed by atoms with Gasteiger partial charge in [-0.1, -0.05) is 0 Å². The number of aliphatic carboxylic acids is 1. The van der Waals surface area contributed by atoms with Crippen LogP contribution in [0.15, 0.2) is 0 Å². The summed E-state index contributed by atoms with van der Waals surface area (Å²) in [5.74, 6) is -0.870. The van der Waals surface area contributed by atoms with Gasteiger partial charge in [0.05, 0.1) is 17.9 Å². The average molecular weight is 253 g/mol. The molecule has 2 amide bonds. The molecule has 2 atom stereocenters. The van der Waals surface area contributed by atoms with Crippen LogP contribution in [0.25, 0.3) is 0 Å². The highest BCUT2D eigenvalue weighted by molar-refractivity contribution is 5.79. The van der Waals surface area contributed by atoms with Crippen LogP contribution in [0.2, 0.25) is 0 Å². The van der Waals surface area contributed by atoms with Gasteiger partial charge in [0.15, 0.2) is 0 Å². The second-order valence-corrected chi connectivity index (χ2v) is 5.14. The molecule has 1 heterocycles. The summed E-state index contributed by atoms with van der Waals surface area (Å²) in [5.41, 5.74) is -0.852. The summed E-state index contributed by atoms with van der Waals surface area (Å²) < 4.78 is 0. The molecule has 1 aliphatic rings. The van der Waals surface area contributed by atoms with Gasteiger partial charge in [0.2, 0.25) is 0 Å². The standard InChI is InChI=1S/C12H19N3O3/c1-9(4-6-13)14(3)11(18)15-7-5-12(2,8-15)10(16)17/h9H,4-5,7-8H2,1-3H3,(H,16,17). The van der Waals surface area contributed by atoms with E-state index < -0.39 is 11.4 Å². The Labute approximate surface area is 107 Å². The number of nitriles is 1. The van der Waals surface area contributed by atoms with Crippen molar-refractivity contribution in [2.24, 2.45) is 5.41 Å². The van der Waals surface area contributed by atoms with E-state index in [0.29, 0.717) is 13.0 Å². The first-order valence-corrected chi connectivity index (χ1v) is 5.94. The van der Waals surface area contributed by atoms with E-state index in [4.69, 9.17) is 10.4 Å². The van der Waals surface area contributed by atoms with Gasteiger partial charge in [-0.2, -0.15) is 5.26 Å². The highest BCUT2D eigenvalue weighted by Crippen LogP contribution is 2.30. The minimum Gasteiger partial charge on any atom is -0.481 e. The molecule has 1 saturated heterocycles. The van der Waals surface area contributed by atoms with Gasteiger partial charge >= 0.3 is 12.0 Å². The first-order valence-electron chi connectivity index (χ1n) is 5.94.